The Morgan fingerprint density at radius 2 is 1.74 bits per heavy atom. The lowest BCUT2D eigenvalue weighted by Crippen LogP contribution is -2.63. The van der Waals surface area contributed by atoms with E-state index in [-0.39, 0.29) is 36.7 Å². The summed E-state index contributed by atoms with van der Waals surface area (Å²) in [5, 5.41) is 6.38. The van der Waals surface area contributed by atoms with E-state index in [0.717, 1.165) is 31.5 Å². The van der Waals surface area contributed by atoms with Gasteiger partial charge in [0.1, 0.15) is 11.6 Å². The first-order chi connectivity index (χ1) is 18.4. The maximum Gasteiger partial charge on any atom is 0.407 e. The summed E-state index contributed by atoms with van der Waals surface area (Å²) in [6, 6.07) is 4.31. The molecule has 0 aromatic heterocycles. The third-order valence-corrected chi connectivity index (χ3v) is 8.11. The van der Waals surface area contributed by atoms with Crippen LogP contribution in [-0.4, -0.2) is 84.2 Å². The highest BCUT2D eigenvalue weighted by Gasteiger charge is 2.39. The Bertz CT molecular complexity index is 1000. The number of benzene rings is 1. The van der Waals surface area contributed by atoms with Gasteiger partial charge in [-0.15, -0.1) is 0 Å². The molecule has 0 spiro atoms. The molecule has 11 heteroatoms. The van der Waals surface area contributed by atoms with Crippen molar-refractivity contribution in [3.63, 3.8) is 0 Å². The SMILES string of the molecule is CC(C)(C)OC(=O)NCCC(=O)NC(Cc1ccc(Cl)cc1Cl)C(=O)N1CCN(C2(CN)CCCCC2)CC1. The summed E-state index contributed by atoms with van der Waals surface area (Å²) in [6.07, 6.45) is 5.47. The molecule has 2 aliphatic rings. The number of carbonyl (C=O) groups excluding carboxylic acids is 3. The zero-order valence-corrected chi connectivity index (χ0v) is 24.9. The average Bonchev–Trinajstić information content (AvgIpc) is 2.88. The molecule has 1 saturated carbocycles. The molecule has 218 valence electrons. The average molecular weight is 585 g/mol. The highest BCUT2D eigenvalue weighted by atomic mass is 35.5. The molecule has 2 fully saturated rings. The molecule has 1 unspecified atom stereocenters. The van der Waals surface area contributed by atoms with Gasteiger partial charge in [0.2, 0.25) is 11.8 Å². The number of alkyl carbamates (subject to hydrolysis) is 1. The molecule has 9 nitrogen and oxygen atoms in total. The number of hydrogen-bond acceptors (Lipinski definition) is 6. The number of ether oxygens (including phenoxy) is 1. The predicted molar refractivity (Wildman–Crippen MR) is 154 cm³/mol. The molecule has 1 aromatic rings. The Balaban J connectivity index is 1.63. The second-order valence-electron chi connectivity index (χ2n) is 11.5. The van der Waals surface area contributed by atoms with Gasteiger partial charge in [-0.2, -0.15) is 0 Å². The van der Waals surface area contributed by atoms with E-state index in [1.807, 2.05) is 4.90 Å². The van der Waals surface area contributed by atoms with Crippen molar-refractivity contribution in [2.75, 3.05) is 39.3 Å². The van der Waals surface area contributed by atoms with Crippen molar-refractivity contribution in [2.24, 2.45) is 5.73 Å². The fraction of sp³-hybridized carbons (Fsp3) is 0.679. The molecule has 0 radical (unpaired) electrons. The van der Waals surface area contributed by atoms with Gasteiger partial charge in [-0.1, -0.05) is 48.5 Å². The maximum absolute atomic E-state index is 13.7. The highest BCUT2D eigenvalue weighted by molar-refractivity contribution is 6.35. The quantitative estimate of drug-likeness (QED) is 0.407. The lowest BCUT2D eigenvalue weighted by atomic mass is 9.80. The van der Waals surface area contributed by atoms with Crippen molar-refractivity contribution in [1.29, 1.82) is 0 Å². The lowest BCUT2D eigenvalue weighted by molar-refractivity contribution is -0.139. The lowest BCUT2D eigenvalue weighted by Gasteiger charge is -2.49. The monoisotopic (exact) mass is 583 g/mol. The predicted octanol–water partition coefficient (Wildman–Crippen LogP) is 3.74. The number of carbonyl (C=O) groups is 3. The third-order valence-electron chi connectivity index (χ3n) is 7.52. The maximum atomic E-state index is 13.7. The zero-order chi connectivity index (χ0) is 28.6. The molecule has 39 heavy (non-hydrogen) atoms. The Kier molecular flexibility index (Phi) is 11.3. The largest absolute Gasteiger partial charge is 0.444 e. The minimum Gasteiger partial charge on any atom is -0.444 e. The minimum atomic E-state index is -0.803. The molecule has 1 aromatic carbocycles. The smallest absolute Gasteiger partial charge is 0.407 e. The number of nitrogens with two attached hydrogens (primary N) is 1. The van der Waals surface area contributed by atoms with Gasteiger partial charge in [-0.05, 0) is 51.3 Å². The van der Waals surface area contributed by atoms with Crippen LogP contribution in [0.25, 0.3) is 0 Å². The van der Waals surface area contributed by atoms with Gasteiger partial charge in [0.25, 0.3) is 0 Å². The van der Waals surface area contributed by atoms with Gasteiger partial charge in [-0.3, -0.25) is 14.5 Å². The topological polar surface area (TPSA) is 117 Å². The summed E-state index contributed by atoms with van der Waals surface area (Å²) in [5.74, 6) is -0.503. The molecule has 1 aliphatic heterocycles. The van der Waals surface area contributed by atoms with Crippen molar-refractivity contribution in [3.8, 4) is 0 Å². The van der Waals surface area contributed by atoms with Crippen LogP contribution in [0.15, 0.2) is 18.2 Å². The summed E-state index contributed by atoms with van der Waals surface area (Å²) < 4.78 is 5.21. The second kappa shape index (κ2) is 14.0. The molecule has 1 aliphatic carbocycles. The van der Waals surface area contributed by atoms with E-state index in [4.69, 9.17) is 33.7 Å². The van der Waals surface area contributed by atoms with E-state index in [1.165, 1.54) is 19.3 Å². The van der Waals surface area contributed by atoms with Crippen LogP contribution in [0.2, 0.25) is 10.0 Å². The van der Waals surface area contributed by atoms with E-state index in [0.29, 0.717) is 29.7 Å². The molecular formula is C28H43Cl2N5O4. The summed E-state index contributed by atoms with van der Waals surface area (Å²) in [6.45, 7) is 8.67. The van der Waals surface area contributed by atoms with Crippen LogP contribution < -0.4 is 16.4 Å². The first kappa shape index (κ1) is 31.5. The van der Waals surface area contributed by atoms with Crippen LogP contribution >= 0.6 is 23.2 Å². The number of amides is 3. The van der Waals surface area contributed by atoms with Crippen LogP contribution in [0, 0.1) is 0 Å². The number of piperazine rings is 1. The third kappa shape index (κ3) is 9.23. The normalized spacial score (nSPS) is 18.8. The van der Waals surface area contributed by atoms with Crippen molar-refractivity contribution in [3.05, 3.63) is 33.8 Å². The van der Waals surface area contributed by atoms with E-state index in [1.54, 1.807) is 39.0 Å². The molecular weight excluding hydrogens is 541 g/mol. The summed E-state index contributed by atoms with van der Waals surface area (Å²) in [5.41, 5.74) is 6.35. The Morgan fingerprint density at radius 3 is 2.33 bits per heavy atom. The van der Waals surface area contributed by atoms with Gasteiger partial charge in [0.15, 0.2) is 0 Å². The molecule has 1 atom stereocenters. The number of nitrogens with one attached hydrogen (secondary N) is 2. The number of hydrogen-bond donors (Lipinski definition) is 3. The Labute approximate surface area is 242 Å². The molecule has 4 N–H and O–H groups in total. The molecule has 3 rings (SSSR count). The van der Waals surface area contributed by atoms with Gasteiger partial charge < -0.3 is 26.0 Å². The number of nitrogens with zero attached hydrogens (tertiary/aromatic N) is 2. The van der Waals surface area contributed by atoms with E-state index >= 15 is 0 Å². The van der Waals surface area contributed by atoms with Crippen LogP contribution in [0.5, 0.6) is 0 Å². The number of halogens is 2. The summed E-state index contributed by atoms with van der Waals surface area (Å²) >= 11 is 12.5. The van der Waals surface area contributed by atoms with Crippen LogP contribution in [0.1, 0.15) is 64.9 Å². The Hall–Kier alpha value is -2.07. The number of rotatable bonds is 9. The van der Waals surface area contributed by atoms with E-state index < -0.39 is 17.7 Å². The minimum absolute atomic E-state index is 0.00414. The first-order valence-electron chi connectivity index (χ1n) is 13.9. The molecule has 3 amide bonds. The second-order valence-corrected chi connectivity index (χ2v) is 12.4. The van der Waals surface area contributed by atoms with Gasteiger partial charge in [0.05, 0.1) is 0 Å². The van der Waals surface area contributed by atoms with Crippen molar-refractivity contribution in [2.45, 2.75) is 82.9 Å². The van der Waals surface area contributed by atoms with Crippen LogP contribution in [0.3, 0.4) is 0 Å². The first-order valence-corrected chi connectivity index (χ1v) is 14.6. The fourth-order valence-corrected chi connectivity index (χ4v) is 5.93. The van der Waals surface area contributed by atoms with Crippen molar-refractivity contribution < 1.29 is 19.1 Å². The zero-order valence-electron chi connectivity index (χ0n) is 23.4. The van der Waals surface area contributed by atoms with Gasteiger partial charge in [-0.25, -0.2) is 4.79 Å². The highest BCUT2D eigenvalue weighted by Crippen LogP contribution is 2.33. The van der Waals surface area contributed by atoms with Crippen molar-refractivity contribution >= 4 is 41.1 Å². The van der Waals surface area contributed by atoms with E-state index in [2.05, 4.69) is 15.5 Å². The fourth-order valence-electron chi connectivity index (χ4n) is 5.45. The Morgan fingerprint density at radius 1 is 1.08 bits per heavy atom. The van der Waals surface area contributed by atoms with Gasteiger partial charge >= 0.3 is 6.09 Å². The molecule has 1 heterocycles. The molecule has 0 bridgehead atoms. The van der Waals surface area contributed by atoms with E-state index in [9.17, 15) is 14.4 Å². The van der Waals surface area contributed by atoms with Crippen LogP contribution in [0.4, 0.5) is 4.79 Å². The van der Waals surface area contributed by atoms with Gasteiger partial charge in [0, 0.05) is 67.7 Å². The standard InChI is InChI=1S/C28H43Cl2N5O4/c1-27(2,3)39-26(38)32-12-9-24(36)33-23(17-20-7-8-21(29)18-22(20)30)25(37)34-13-15-35(16-14-34)28(19-31)10-5-4-6-11-28/h7-8,18,23H,4-6,9-17,19,31H2,1-3H3,(H,32,38)(H,33,36). The van der Waals surface area contributed by atoms with Crippen LogP contribution in [-0.2, 0) is 20.7 Å². The van der Waals surface area contributed by atoms with Crippen molar-refractivity contribution in [1.82, 2.24) is 20.4 Å². The summed E-state index contributed by atoms with van der Waals surface area (Å²) in [4.78, 5) is 42.7. The molecule has 1 saturated heterocycles. The summed E-state index contributed by atoms with van der Waals surface area (Å²) in [7, 11) is 0.